The van der Waals surface area contributed by atoms with Gasteiger partial charge in [-0.1, -0.05) is 6.92 Å². The van der Waals surface area contributed by atoms with Crippen molar-refractivity contribution in [2.24, 2.45) is 5.92 Å². The van der Waals surface area contributed by atoms with Gasteiger partial charge >= 0.3 is 0 Å². The van der Waals surface area contributed by atoms with Gasteiger partial charge in [-0.25, -0.2) is 0 Å². The molecule has 0 aromatic heterocycles. The second-order valence-corrected chi connectivity index (χ2v) is 6.02. The Hall–Kier alpha value is 0.270. The van der Waals surface area contributed by atoms with E-state index in [2.05, 4.69) is 23.4 Å². The first-order chi connectivity index (χ1) is 7.31. The maximum atomic E-state index is 3.78. The lowest BCUT2D eigenvalue weighted by atomic mass is 10.1. The van der Waals surface area contributed by atoms with Gasteiger partial charge in [0, 0.05) is 18.6 Å². The van der Waals surface area contributed by atoms with Crippen molar-refractivity contribution in [3.63, 3.8) is 0 Å². The molecular weight excluding hydrogens is 204 g/mol. The van der Waals surface area contributed by atoms with Crippen LogP contribution in [-0.2, 0) is 0 Å². The van der Waals surface area contributed by atoms with Gasteiger partial charge in [-0.3, -0.25) is 4.90 Å². The van der Waals surface area contributed by atoms with Crippen molar-refractivity contribution < 1.29 is 0 Å². The molecule has 3 heteroatoms. The highest BCUT2D eigenvalue weighted by molar-refractivity contribution is 7.98. The van der Waals surface area contributed by atoms with Crippen LogP contribution >= 0.6 is 11.8 Å². The van der Waals surface area contributed by atoms with Crippen molar-refractivity contribution in [2.45, 2.75) is 38.3 Å². The van der Waals surface area contributed by atoms with Crippen LogP contribution in [0.1, 0.15) is 26.2 Å². The third-order valence-corrected chi connectivity index (χ3v) is 4.69. The van der Waals surface area contributed by atoms with E-state index in [0.29, 0.717) is 0 Å². The van der Waals surface area contributed by atoms with E-state index in [4.69, 9.17) is 0 Å². The summed E-state index contributed by atoms with van der Waals surface area (Å²) in [4.78, 5) is 2.68. The smallest absolute Gasteiger partial charge is 0.0250 e. The minimum atomic E-state index is 0.789. The average Bonchev–Trinajstić information content (AvgIpc) is 2.77. The Kier molecular flexibility index (Phi) is 4.35. The molecule has 0 spiro atoms. The largest absolute Gasteiger partial charge is 0.312 e. The topological polar surface area (TPSA) is 15.3 Å². The molecule has 3 unspecified atom stereocenters. The molecule has 0 aromatic carbocycles. The predicted molar refractivity (Wildman–Crippen MR) is 68.5 cm³/mol. The van der Waals surface area contributed by atoms with Gasteiger partial charge in [0.15, 0.2) is 0 Å². The molecule has 3 atom stereocenters. The van der Waals surface area contributed by atoms with Crippen molar-refractivity contribution in [1.29, 1.82) is 0 Å². The number of nitrogens with zero attached hydrogens (tertiary/aromatic N) is 1. The van der Waals surface area contributed by atoms with Crippen LogP contribution in [0.2, 0.25) is 0 Å². The Bertz CT molecular complexity index is 198. The molecule has 2 fully saturated rings. The third kappa shape index (κ3) is 2.89. The van der Waals surface area contributed by atoms with Gasteiger partial charge in [0.2, 0.25) is 0 Å². The summed E-state index contributed by atoms with van der Waals surface area (Å²) in [6.07, 6.45) is 6.42. The van der Waals surface area contributed by atoms with E-state index in [1.54, 1.807) is 0 Å². The Labute approximate surface area is 98.2 Å². The van der Waals surface area contributed by atoms with Crippen molar-refractivity contribution in [2.75, 3.05) is 31.6 Å². The molecule has 2 aliphatic rings. The van der Waals surface area contributed by atoms with Gasteiger partial charge in [-0.2, -0.15) is 11.8 Å². The first kappa shape index (κ1) is 11.7. The van der Waals surface area contributed by atoms with E-state index in [1.165, 1.54) is 44.6 Å². The zero-order valence-electron chi connectivity index (χ0n) is 10.0. The van der Waals surface area contributed by atoms with Gasteiger partial charge in [0.1, 0.15) is 0 Å². The van der Waals surface area contributed by atoms with Crippen molar-refractivity contribution in [3.8, 4) is 0 Å². The summed E-state index contributed by atoms with van der Waals surface area (Å²) in [7, 11) is 0. The first-order valence-corrected chi connectivity index (χ1v) is 7.67. The van der Waals surface area contributed by atoms with Gasteiger partial charge < -0.3 is 5.32 Å². The van der Waals surface area contributed by atoms with Gasteiger partial charge in [-0.05, 0) is 50.3 Å². The fourth-order valence-corrected chi connectivity index (χ4v) is 3.70. The summed E-state index contributed by atoms with van der Waals surface area (Å²) in [5, 5.41) is 3.78. The Balaban J connectivity index is 1.71. The van der Waals surface area contributed by atoms with Crippen LogP contribution < -0.4 is 5.32 Å². The van der Waals surface area contributed by atoms with E-state index in [1.807, 2.05) is 11.8 Å². The van der Waals surface area contributed by atoms with Crippen molar-refractivity contribution in [3.05, 3.63) is 0 Å². The quantitative estimate of drug-likeness (QED) is 0.772. The number of thioether (sulfide) groups is 1. The fourth-order valence-electron chi connectivity index (χ4n) is 3.02. The lowest BCUT2D eigenvalue weighted by Crippen LogP contribution is -2.41. The Morgan fingerprint density at radius 3 is 3.07 bits per heavy atom. The molecule has 2 heterocycles. The first-order valence-electron chi connectivity index (χ1n) is 6.27. The maximum absolute atomic E-state index is 3.78. The van der Waals surface area contributed by atoms with E-state index in [-0.39, 0.29) is 0 Å². The molecule has 2 nitrogen and oxygen atoms in total. The molecule has 0 aliphatic carbocycles. The zero-order chi connectivity index (χ0) is 10.7. The zero-order valence-corrected chi connectivity index (χ0v) is 10.9. The molecule has 0 saturated carbocycles. The molecule has 0 bridgehead atoms. The third-order valence-electron chi connectivity index (χ3n) is 3.79. The lowest BCUT2D eigenvalue weighted by molar-refractivity contribution is 0.296. The van der Waals surface area contributed by atoms with Crippen LogP contribution in [0, 0.1) is 5.92 Å². The van der Waals surface area contributed by atoms with Crippen LogP contribution in [0.25, 0.3) is 0 Å². The second kappa shape index (κ2) is 5.55. The number of fused-ring (bicyclic) bond motifs is 1. The van der Waals surface area contributed by atoms with Gasteiger partial charge in [-0.15, -0.1) is 0 Å². The van der Waals surface area contributed by atoms with E-state index >= 15 is 0 Å². The monoisotopic (exact) mass is 228 g/mol. The van der Waals surface area contributed by atoms with Crippen LogP contribution in [0.3, 0.4) is 0 Å². The van der Waals surface area contributed by atoms with Gasteiger partial charge in [0.05, 0.1) is 0 Å². The molecule has 1 N–H and O–H groups in total. The standard InChI is InChI=1S/C12H24N2S/c1-10(9-15-2)8-13-11-5-7-14-6-3-4-12(11)14/h10-13H,3-9H2,1-2H3. The highest BCUT2D eigenvalue weighted by Gasteiger charge is 2.36. The number of hydrogen-bond acceptors (Lipinski definition) is 3. The summed E-state index contributed by atoms with van der Waals surface area (Å²) in [6, 6.07) is 1.66. The molecule has 2 saturated heterocycles. The molecule has 0 amide bonds. The predicted octanol–water partition coefficient (Wildman–Crippen LogP) is 1.81. The summed E-state index contributed by atoms with van der Waals surface area (Å²) < 4.78 is 0. The minimum absolute atomic E-state index is 0.789. The molecule has 88 valence electrons. The number of rotatable bonds is 5. The van der Waals surface area contributed by atoms with E-state index < -0.39 is 0 Å². The average molecular weight is 228 g/mol. The number of hydrogen-bond donors (Lipinski definition) is 1. The molecule has 0 radical (unpaired) electrons. The summed E-state index contributed by atoms with van der Waals surface area (Å²) in [5.74, 6) is 2.10. The van der Waals surface area contributed by atoms with Crippen LogP contribution in [-0.4, -0.2) is 48.6 Å². The lowest BCUT2D eigenvalue weighted by Gasteiger charge is -2.23. The second-order valence-electron chi connectivity index (χ2n) is 5.11. The molecular formula is C12H24N2S. The number of nitrogens with one attached hydrogen (secondary N) is 1. The summed E-state index contributed by atoms with van der Waals surface area (Å²) in [5.41, 5.74) is 0. The van der Waals surface area contributed by atoms with Crippen LogP contribution in [0.15, 0.2) is 0 Å². The molecule has 0 aromatic rings. The Morgan fingerprint density at radius 2 is 2.27 bits per heavy atom. The Morgan fingerprint density at radius 1 is 1.40 bits per heavy atom. The SMILES string of the molecule is CSCC(C)CNC1CCN2CCCC12. The van der Waals surface area contributed by atoms with E-state index in [9.17, 15) is 0 Å². The molecule has 2 aliphatic heterocycles. The van der Waals surface area contributed by atoms with Crippen LogP contribution in [0.5, 0.6) is 0 Å². The van der Waals surface area contributed by atoms with Crippen LogP contribution in [0.4, 0.5) is 0 Å². The molecule has 2 rings (SSSR count). The van der Waals surface area contributed by atoms with E-state index in [0.717, 1.165) is 18.0 Å². The minimum Gasteiger partial charge on any atom is -0.312 e. The van der Waals surface area contributed by atoms with Gasteiger partial charge in [0.25, 0.3) is 0 Å². The summed E-state index contributed by atoms with van der Waals surface area (Å²) >= 11 is 1.96. The van der Waals surface area contributed by atoms with Crippen molar-refractivity contribution in [1.82, 2.24) is 10.2 Å². The fraction of sp³-hybridized carbons (Fsp3) is 1.00. The maximum Gasteiger partial charge on any atom is 0.0250 e. The highest BCUT2D eigenvalue weighted by Crippen LogP contribution is 2.27. The normalized spacial score (nSPS) is 33.2. The summed E-state index contributed by atoms with van der Waals surface area (Å²) in [6.45, 7) is 6.24. The molecule has 15 heavy (non-hydrogen) atoms. The van der Waals surface area contributed by atoms with Crippen molar-refractivity contribution >= 4 is 11.8 Å². The highest BCUT2D eigenvalue weighted by atomic mass is 32.2.